The van der Waals surface area contributed by atoms with Gasteiger partial charge in [0.15, 0.2) is 0 Å². The van der Waals surface area contributed by atoms with Crippen LogP contribution in [0.1, 0.15) is 37.7 Å². The molecule has 2 saturated heterocycles. The number of benzene rings is 1. The molecule has 0 N–H and O–H groups in total. The van der Waals surface area contributed by atoms with Gasteiger partial charge in [0, 0.05) is 31.1 Å². The maximum absolute atomic E-state index is 13.1. The van der Waals surface area contributed by atoms with Gasteiger partial charge in [-0.1, -0.05) is 49.1 Å². The van der Waals surface area contributed by atoms with Gasteiger partial charge in [0.2, 0.25) is 10.0 Å². The van der Waals surface area contributed by atoms with Gasteiger partial charge < -0.3 is 0 Å². The molecule has 0 radical (unpaired) electrons. The number of rotatable bonds is 2. The Bertz CT molecular complexity index is 824. The van der Waals surface area contributed by atoms with E-state index in [0.717, 1.165) is 12.1 Å². The van der Waals surface area contributed by atoms with Gasteiger partial charge in [-0.05, 0) is 31.9 Å². The molecule has 134 valence electrons. The van der Waals surface area contributed by atoms with E-state index in [1.807, 2.05) is 19.1 Å². The molecule has 0 aromatic heterocycles. The average Bonchev–Trinajstić information content (AvgIpc) is 3.23. The lowest BCUT2D eigenvalue weighted by Gasteiger charge is -2.41. The molecule has 3 atom stereocenters. The summed E-state index contributed by atoms with van der Waals surface area (Å²) in [4.78, 5) is 3.06. The summed E-state index contributed by atoms with van der Waals surface area (Å²) < 4.78 is 27.9. The van der Waals surface area contributed by atoms with E-state index in [1.54, 1.807) is 16.4 Å². The summed E-state index contributed by atoms with van der Waals surface area (Å²) in [5.41, 5.74) is 1.38. The Hall–Kier alpha value is -1.17. The zero-order valence-corrected chi connectivity index (χ0v) is 15.6. The Morgan fingerprint density at radius 1 is 1.04 bits per heavy atom. The van der Waals surface area contributed by atoms with E-state index in [1.165, 1.54) is 32.1 Å². The van der Waals surface area contributed by atoms with Crippen molar-refractivity contribution in [2.45, 2.75) is 55.0 Å². The fraction of sp³-hybridized carbons (Fsp3) is 0.600. The van der Waals surface area contributed by atoms with E-state index in [0.29, 0.717) is 23.9 Å². The summed E-state index contributed by atoms with van der Waals surface area (Å²) in [6, 6.07) is 7.25. The van der Waals surface area contributed by atoms with Crippen LogP contribution in [0.15, 0.2) is 41.3 Å². The van der Waals surface area contributed by atoms with E-state index < -0.39 is 10.0 Å². The molecule has 0 amide bonds. The van der Waals surface area contributed by atoms with Crippen molar-refractivity contribution in [2.75, 3.05) is 19.6 Å². The van der Waals surface area contributed by atoms with E-state index >= 15 is 0 Å². The molecule has 0 bridgehead atoms. The quantitative estimate of drug-likeness (QED) is 0.603. The smallest absolute Gasteiger partial charge is 0.243 e. The van der Waals surface area contributed by atoms with Crippen LogP contribution in [0.4, 0.5) is 0 Å². The van der Waals surface area contributed by atoms with Gasteiger partial charge in [0.1, 0.15) is 0 Å². The molecule has 3 heterocycles. The van der Waals surface area contributed by atoms with Crippen LogP contribution in [0.3, 0.4) is 0 Å². The molecule has 25 heavy (non-hydrogen) atoms. The van der Waals surface area contributed by atoms with Crippen molar-refractivity contribution >= 4 is 10.0 Å². The standard InChI is InChI=1S/C20H26N2O2S/c1-16-5-7-18(8-6-16)25(23,24)21-13-17-9-12-19(10-3-2-4-11-19)22-15-20(17,22)14-21/h5-9,12,17H,2-4,10-11,13-15H2,1H3/t17-,20+,22?/m1/s1. The van der Waals surface area contributed by atoms with Gasteiger partial charge >= 0.3 is 0 Å². The maximum atomic E-state index is 13.1. The number of sulfonamides is 1. The molecule has 1 aromatic carbocycles. The zero-order valence-electron chi connectivity index (χ0n) is 14.8. The summed E-state index contributed by atoms with van der Waals surface area (Å²) >= 11 is 0. The van der Waals surface area contributed by atoms with Gasteiger partial charge in [-0.2, -0.15) is 4.31 Å². The molecule has 1 saturated carbocycles. The number of fused-ring (bicyclic) bond motifs is 1. The first-order chi connectivity index (χ1) is 12.0. The number of nitrogens with zero attached hydrogens (tertiary/aromatic N) is 2. The number of hydrogen-bond donors (Lipinski definition) is 0. The Morgan fingerprint density at radius 3 is 2.48 bits per heavy atom. The number of aryl methyl sites for hydroxylation is 1. The first kappa shape index (κ1) is 16.0. The molecule has 5 rings (SSSR count). The first-order valence-electron chi connectivity index (χ1n) is 9.50. The van der Waals surface area contributed by atoms with E-state index in [-0.39, 0.29) is 11.1 Å². The van der Waals surface area contributed by atoms with Crippen LogP contribution in [0.2, 0.25) is 0 Å². The summed E-state index contributed by atoms with van der Waals surface area (Å²) in [7, 11) is -3.39. The van der Waals surface area contributed by atoms with Gasteiger partial charge in [-0.3, -0.25) is 4.90 Å². The highest BCUT2D eigenvalue weighted by atomic mass is 32.2. The van der Waals surface area contributed by atoms with Crippen molar-refractivity contribution in [3.05, 3.63) is 42.0 Å². The molecule has 4 aliphatic rings. The predicted octanol–water partition coefficient (Wildman–Crippen LogP) is 2.94. The monoisotopic (exact) mass is 358 g/mol. The third kappa shape index (κ3) is 2.22. The largest absolute Gasteiger partial charge is 0.283 e. The molecule has 5 heteroatoms. The average molecular weight is 359 g/mol. The highest BCUT2D eigenvalue weighted by molar-refractivity contribution is 7.89. The molecular weight excluding hydrogens is 332 g/mol. The molecule has 4 nitrogen and oxygen atoms in total. The Kier molecular flexibility index (Phi) is 3.32. The topological polar surface area (TPSA) is 40.4 Å². The highest BCUT2D eigenvalue weighted by Crippen LogP contribution is 2.57. The minimum absolute atomic E-state index is 0.0733. The fourth-order valence-electron chi connectivity index (χ4n) is 5.44. The third-order valence-corrected chi connectivity index (χ3v) is 8.79. The Morgan fingerprint density at radius 2 is 1.76 bits per heavy atom. The van der Waals surface area contributed by atoms with E-state index in [4.69, 9.17) is 0 Å². The maximum Gasteiger partial charge on any atom is 0.243 e. The van der Waals surface area contributed by atoms with Gasteiger partial charge in [-0.15, -0.1) is 0 Å². The normalized spacial score (nSPS) is 36.2. The molecule has 1 unspecified atom stereocenters. The van der Waals surface area contributed by atoms with Crippen LogP contribution >= 0.6 is 0 Å². The second kappa shape index (κ2) is 5.18. The zero-order chi connectivity index (χ0) is 17.3. The van der Waals surface area contributed by atoms with Crippen molar-refractivity contribution in [1.82, 2.24) is 9.21 Å². The second-order valence-electron chi connectivity index (χ2n) is 8.43. The lowest BCUT2D eigenvalue weighted by Crippen LogP contribution is -2.47. The van der Waals surface area contributed by atoms with Gasteiger partial charge in [0.05, 0.1) is 10.4 Å². The first-order valence-corrected chi connectivity index (χ1v) is 10.9. The summed E-state index contributed by atoms with van der Waals surface area (Å²) in [5.74, 6) is 0.347. The van der Waals surface area contributed by atoms with Crippen LogP contribution in [-0.4, -0.2) is 48.3 Å². The van der Waals surface area contributed by atoms with Crippen LogP contribution in [0.25, 0.3) is 0 Å². The fourth-order valence-corrected chi connectivity index (χ4v) is 6.97. The molecule has 3 fully saturated rings. The van der Waals surface area contributed by atoms with Crippen LogP contribution in [0, 0.1) is 12.8 Å². The highest BCUT2D eigenvalue weighted by Gasteiger charge is 2.69. The van der Waals surface area contributed by atoms with Crippen LogP contribution < -0.4 is 0 Å². The van der Waals surface area contributed by atoms with E-state index in [2.05, 4.69) is 17.1 Å². The second-order valence-corrected chi connectivity index (χ2v) is 10.4. The SMILES string of the molecule is Cc1ccc(S(=O)(=O)N2C[C@H]3C=CC4(CCCCC4)N4C[C@@]34C2)cc1. The van der Waals surface area contributed by atoms with Crippen molar-refractivity contribution in [3.63, 3.8) is 0 Å². The molecule has 3 aliphatic heterocycles. The van der Waals surface area contributed by atoms with Crippen molar-refractivity contribution < 1.29 is 8.42 Å². The van der Waals surface area contributed by atoms with Gasteiger partial charge in [-0.25, -0.2) is 8.42 Å². The Balaban J connectivity index is 1.43. The minimum atomic E-state index is -3.39. The Labute approximate surface area is 150 Å². The van der Waals surface area contributed by atoms with Crippen molar-refractivity contribution in [2.24, 2.45) is 5.92 Å². The van der Waals surface area contributed by atoms with Crippen LogP contribution in [0.5, 0.6) is 0 Å². The number of hydrogen-bond acceptors (Lipinski definition) is 3. The third-order valence-electron chi connectivity index (χ3n) is 6.96. The van der Waals surface area contributed by atoms with E-state index in [9.17, 15) is 8.42 Å². The molecule has 1 aromatic rings. The van der Waals surface area contributed by atoms with Gasteiger partial charge in [0.25, 0.3) is 0 Å². The molecular formula is C20H26N2O2S. The summed E-state index contributed by atoms with van der Waals surface area (Å²) in [6.45, 7) is 4.32. The minimum Gasteiger partial charge on any atom is -0.283 e. The predicted molar refractivity (Wildman–Crippen MR) is 97.8 cm³/mol. The van der Waals surface area contributed by atoms with Crippen molar-refractivity contribution in [3.8, 4) is 0 Å². The molecule has 1 aliphatic carbocycles. The molecule has 2 spiro atoms. The van der Waals surface area contributed by atoms with Crippen LogP contribution in [-0.2, 0) is 10.0 Å². The lowest BCUT2D eigenvalue weighted by atomic mass is 9.77. The lowest BCUT2D eigenvalue weighted by molar-refractivity contribution is 0.155. The van der Waals surface area contributed by atoms with Crippen molar-refractivity contribution in [1.29, 1.82) is 0 Å². The summed E-state index contributed by atoms with van der Waals surface area (Å²) in [5, 5.41) is 0. The summed E-state index contributed by atoms with van der Waals surface area (Å²) in [6.07, 6.45) is 11.2.